The Bertz CT molecular complexity index is 339. The molecule has 20 heavy (non-hydrogen) atoms. The van der Waals surface area contributed by atoms with E-state index in [1.165, 1.54) is 0 Å². The molecule has 1 heterocycles. The van der Waals surface area contributed by atoms with Gasteiger partial charge in [0.2, 0.25) is 0 Å². The van der Waals surface area contributed by atoms with E-state index in [9.17, 15) is 0 Å². The molecule has 0 bridgehead atoms. The molecule has 0 saturated carbocycles. The topological polar surface area (TPSA) is 27.1 Å². The third-order valence-corrected chi connectivity index (χ3v) is 10.5. The first-order chi connectivity index (χ1) is 9.41. The fraction of sp³-hybridized carbons (Fsp3) is 0.812. The molecule has 0 spiro atoms. The second-order valence-electron chi connectivity index (χ2n) is 6.67. The first-order valence-electron chi connectivity index (χ1n) is 8.01. The predicted molar refractivity (Wildman–Crippen MR) is 88.5 cm³/mol. The van der Waals surface area contributed by atoms with Crippen LogP contribution >= 0.6 is 0 Å². The summed E-state index contributed by atoms with van der Waals surface area (Å²) < 4.78 is 8.68. The maximum atomic E-state index is 6.55. The van der Waals surface area contributed by atoms with Crippen LogP contribution in [0.1, 0.15) is 54.4 Å². The molecule has 0 amide bonds. The summed E-state index contributed by atoms with van der Waals surface area (Å²) in [7, 11) is -1.66. The predicted octanol–water partition coefficient (Wildman–Crippen LogP) is 4.86. The van der Waals surface area contributed by atoms with Gasteiger partial charge in [0.25, 0.3) is 0 Å². The normalized spacial score (nSPS) is 12.8. The van der Waals surface area contributed by atoms with Crippen LogP contribution in [-0.4, -0.2) is 24.5 Å². The van der Waals surface area contributed by atoms with Gasteiger partial charge in [-0.1, -0.05) is 41.5 Å². The fourth-order valence-corrected chi connectivity index (χ4v) is 9.06. The first-order valence-corrected chi connectivity index (χ1v) is 10.1. The molecule has 0 N–H and O–H groups in total. The van der Waals surface area contributed by atoms with E-state index >= 15 is 0 Å². The average molecular weight is 297 g/mol. The van der Waals surface area contributed by atoms with Crippen molar-refractivity contribution in [2.24, 2.45) is 0 Å². The lowest BCUT2D eigenvalue weighted by Gasteiger charge is -2.42. The van der Waals surface area contributed by atoms with Gasteiger partial charge in [0, 0.05) is 25.5 Å². The lowest BCUT2D eigenvalue weighted by molar-refractivity contribution is 0.266. The van der Waals surface area contributed by atoms with Gasteiger partial charge in [-0.15, -0.1) is 0 Å². The van der Waals surface area contributed by atoms with E-state index in [0.717, 1.165) is 26.0 Å². The highest BCUT2D eigenvalue weighted by molar-refractivity contribution is 6.77. The summed E-state index contributed by atoms with van der Waals surface area (Å²) in [6.07, 6.45) is 8.05. The Kier molecular flexibility index (Phi) is 6.96. The lowest BCUT2D eigenvalue weighted by atomic mass is 10.3. The molecule has 0 atom stereocenters. The minimum atomic E-state index is -1.66. The highest BCUT2D eigenvalue weighted by atomic mass is 28.4. The first kappa shape index (κ1) is 17.4. The zero-order chi connectivity index (χ0) is 15.2. The second kappa shape index (κ2) is 7.98. The molecule has 0 aromatic carbocycles. The highest BCUT2D eigenvalue weighted by Gasteiger charge is 2.44. The minimum Gasteiger partial charge on any atom is -0.416 e. The summed E-state index contributed by atoms with van der Waals surface area (Å²) in [6.45, 7) is 16.0. The Morgan fingerprint density at radius 2 is 1.60 bits per heavy atom. The minimum absolute atomic E-state index is 0.677. The Hall–Kier alpha value is -0.613. The molecule has 0 aliphatic rings. The van der Waals surface area contributed by atoms with Gasteiger partial charge in [-0.05, 0) is 29.5 Å². The Morgan fingerprint density at radius 1 is 1.00 bits per heavy atom. The van der Waals surface area contributed by atoms with E-state index in [2.05, 4.69) is 51.1 Å². The molecule has 0 aliphatic carbocycles. The van der Waals surface area contributed by atoms with Crippen molar-refractivity contribution < 1.29 is 4.43 Å². The summed E-state index contributed by atoms with van der Waals surface area (Å²) >= 11 is 0. The van der Waals surface area contributed by atoms with Crippen LogP contribution in [0.3, 0.4) is 0 Å². The number of nitrogens with zero attached hydrogens (tertiary/aromatic N) is 2. The number of aryl methyl sites for hydroxylation is 1. The molecule has 0 fully saturated rings. The standard InChI is InChI=1S/C16H32N2OSi/c1-14(2)20(15(3)4,16(5)6)19-12-8-7-10-18-11-9-17-13-18/h9,11,13-16H,7-8,10,12H2,1-6H3. The van der Waals surface area contributed by atoms with Crippen LogP contribution in [0.4, 0.5) is 0 Å². The van der Waals surface area contributed by atoms with E-state index in [1.54, 1.807) is 0 Å². The summed E-state index contributed by atoms with van der Waals surface area (Å²) in [4.78, 5) is 4.07. The smallest absolute Gasteiger partial charge is 0.200 e. The molecule has 116 valence electrons. The quantitative estimate of drug-likeness (QED) is 0.481. The van der Waals surface area contributed by atoms with Crippen LogP contribution in [0.25, 0.3) is 0 Å². The summed E-state index contributed by atoms with van der Waals surface area (Å²) in [6, 6.07) is 0. The van der Waals surface area contributed by atoms with Gasteiger partial charge in [0.05, 0.1) is 6.33 Å². The van der Waals surface area contributed by atoms with E-state index in [1.807, 2.05) is 18.7 Å². The lowest BCUT2D eigenvalue weighted by Crippen LogP contribution is -2.47. The molecule has 1 aromatic heterocycles. The van der Waals surface area contributed by atoms with Crippen molar-refractivity contribution in [2.45, 2.75) is 77.6 Å². The van der Waals surface area contributed by atoms with Crippen LogP contribution in [0.5, 0.6) is 0 Å². The van der Waals surface area contributed by atoms with Crippen molar-refractivity contribution in [1.29, 1.82) is 0 Å². The number of unbranched alkanes of at least 4 members (excludes halogenated alkanes) is 1. The zero-order valence-electron chi connectivity index (χ0n) is 14.1. The number of hydrogen-bond donors (Lipinski definition) is 0. The van der Waals surface area contributed by atoms with Crippen molar-refractivity contribution >= 4 is 8.32 Å². The maximum Gasteiger partial charge on any atom is 0.200 e. The zero-order valence-corrected chi connectivity index (χ0v) is 15.1. The third-order valence-electron chi connectivity index (χ3n) is 4.43. The monoisotopic (exact) mass is 296 g/mol. The number of hydrogen-bond acceptors (Lipinski definition) is 2. The van der Waals surface area contributed by atoms with Gasteiger partial charge in [0.15, 0.2) is 8.32 Å². The molecule has 0 aliphatic heterocycles. The van der Waals surface area contributed by atoms with Crippen molar-refractivity contribution in [1.82, 2.24) is 9.55 Å². The number of imidazole rings is 1. The number of aromatic nitrogens is 2. The van der Waals surface area contributed by atoms with Crippen LogP contribution < -0.4 is 0 Å². The molecule has 0 unspecified atom stereocenters. The van der Waals surface area contributed by atoms with Gasteiger partial charge < -0.3 is 8.99 Å². The fourth-order valence-electron chi connectivity index (χ4n) is 3.56. The van der Waals surface area contributed by atoms with E-state index in [-0.39, 0.29) is 0 Å². The van der Waals surface area contributed by atoms with Crippen molar-refractivity contribution in [3.8, 4) is 0 Å². The average Bonchev–Trinajstić information content (AvgIpc) is 2.85. The van der Waals surface area contributed by atoms with Crippen molar-refractivity contribution in [2.75, 3.05) is 6.61 Å². The van der Waals surface area contributed by atoms with E-state index in [0.29, 0.717) is 16.6 Å². The van der Waals surface area contributed by atoms with Gasteiger partial charge in [-0.25, -0.2) is 4.98 Å². The molecule has 0 radical (unpaired) electrons. The van der Waals surface area contributed by atoms with Gasteiger partial charge in [0.1, 0.15) is 0 Å². The highest BCUT2D eigenvalue weighted by Crippen LogP contribution is 2.42. The van der Waals surface area contributed by atoms with Crippen molar-refractivity contribution in [3.05, 3.63) is 18.7 Å². The van der Waals surface area contributed by atoms with Crippen LogP contribution in [-0.2, 0) is 11.0 Å². The molecule has 3 nitrogen and oxygen atoms in total. The molecular formula is C16H32N2OSi. The van der Waals surface area contributed by atoms with Crippen LogP contribution in [0.15, 0.2) is 18.7 Å². The largest absolute Gasteiger partial charge is 0.416 e. The molecular weight excluding hydrogens is 264 g/mol. The van der Waals surface area contributed by atoms with Gasteiger partial charge >= 0.3 is 0 Å². The Labute approximate surface area is 125 Å². The SMILES string of the molecule is CC(C)[Si](OCCCCn1ccnc1)(C(C)C)C(C)C. The van der Waals surface area contributed by atoms with E-state index in [4.69, 9.17) is 4.43 Å². The van der Waals surface area contributed by atoms with Crippen LogP contribution in [0, 0.1) is 0 Å². The Balaban J connectivity index is 2.42. The summed E-state index contributed by atoms with van der Waals surface area (Å²) in [5, 5.41) is 0. The third kappa shape index (κ3) is 4.19. The molecule has 4 heteroatoms. The second-order valence-corrected chi connectivity index (χ2v) is 12.1. The van der Waals surface area contributed by atoms with Gasteiger partial charge in [-0.3, -0.25) is 0 Å². The molecule has 1 rings (SSSR count). The number of rotatable bonds is 9. The Morgan fingerprint density at radius 3 is 2.05 bits per heavy atom. The van der Waals surface area contributed by atoms with Crippen LogP contribution in [0.2, 0.25) is 16.6 Å². The molecule has 0 saturated heterocycles. The summed E-state index contributed by atoms with van der Waals surface area (Å²) in [5.41, 5.74) is 2.03. The molecule has 1 aromatic rings. The van der Waals surface area contributed by atoms with Crippen molar-refractivity contribution in [3.63, 3.8) is 0 Å². The van der Waals surface area contributed by atoms with E-state index < -0.39 is 8.32 Å². The summed E-state index contributed by atoms with van der Waals surface area (Å²) in [5.74, 6) is 0. The van der Waals surface area contributed by atoms with Gasteiger partial charge in [-0.2, -0.15) is 0 Å². The maximum absolute atomic E-state index is 6.55.